The van der Waals surface area contributed by atoms with Gasteiger partial charge in [0.1, 0.15) is 23.3 Å². The van der Waals surface area contributed by atoms with Gasteiger partial charge in [-0.05, 0) is 60.2 Å². The van der Waals surface area contributed by atoms with E-state index in [1.54, 1.807) is 12.1 Å². The van der Waals surface area contributed by atoms with Gasteiger partial charge in [-0.15, -0.1) is 11.8 Å². The lowest BCUT2D eigenvalue weighted by molar-refractivity contribution is -0.118. The molecule has 33 heavy (non-hydrogen) atoms. The van der Waals surface area contributed by atoms with Gasteiger partial charge in [0.05, 0.1) is 17.1 Å². The Hall–Kier alpha value is -3.31. The molecule has 0 saturated heterocycles. The Morgan fingerprint density at radius 2 is 1.85 bits per heavy atom. The van der Waals surface area contributed by atoms with Crippen LogP contribution in [0.4, 0.5) is 10.2 Å². The van der Waals surface area contributed by atoms with Crippen LogP contribution in [0.5, 0.6) is 0 Å². The normalized spacial score (nSPS) is 11.2. The SMILES string of the molecule is CC(C)(C)c1ccc(SCC(=O)NCCCc2nn(-c3ccc(F)cc3)c(N)c2C#N)cc1. The number of aromatic nitrogens is 2. The third-order valence-corrected chi connectivity index (χ3v) is 6.19. The molecule has 1 aromatic heterocycles. The number of aryl methyl sites for hydroxylation is 1. The van der Waals surface area contributed by atoms with Gasteiger partial charge in [-0.3, -0.25) is 4.79 Å². The summed E-state index contributed by atoms with van der Waals surface area (Å²) in [5.41, 5.74) is 8.88. The number of halogens is 1. The van der Waals surface area contributed by atoms with Crippen LogP contribution in [0, 0.1) is 17.1 Å². The highest BCUT2D eigenvalue weighted by Gasteiger charge is 2.17. The van der Waals surface area contributed by atoms with E-state index in [2.05, 4.69) is 49.4 Å². The number of nitrogens with zero attached hydrogens (tertiary/aromatic N) is 3. The standard InChI is InChI=1S/C25H28FN5OS/c1-25(2,3)17-6-12-20(13-7-17)33-16-23(32)29-14-4-5-22-21(15-27)24(28)31(30-22)19-10-8-18(26)9-11-19/h6-13H,4-5,14,16,28H2,1-3H3,(H,29,32). The number of nitrogens with two attached hydrogens (primary N) is 1. The fourth-order valence-electron chi connectivity index (χ4n) is 3.29. The lowest BCUT2D eigenvalue weighted by atomic mass is 9.87. The molecule has 3 rings (SSSR count). The number of rotatable bonds is 8. The Balaban J connectivity index is 1.48. The van der Waals surface area contributed by atoms with E-state index in [0.717, 1.165) is 4.90 Å². The van der Waals surface area contributed by atoms with Gasteiger partial charge >= 0.3 is 0 Å². The Morgan fingerprint density at radius 1 is 1.18 bits per heavy atom. The Kier molecular flexibility index (Phi) is 7.77. The van der Waals surface area contributed by atoms with E-state index in [4.69, 9.17) is 5.73 Å². The van der Waals surface area contributed by atoms with Gasteiger partial charge in [0.2, 0.25) is 5.91 Å². The second kappa shape index (κ2) is 10.5. The average molecular weight is 466 g/mol. The van der Waals surface area contributed by atoms with Gasteiger partial charge in [-0.25, -0.2) is 9.07 Å². The highest BCUT2D eigenvalue weighted by Crippen LogP contribution is 2.25. The van der Waals surface area contributed by atoms with Crippen molar-refractivity contribution in [2.24, 2.45) is 0 Å². The molecule has 8 heteroatoms. The largest absolute Gasteiger partial charge is 0.382 e. The predicted octanol–water partition coefficient (Wildman–Crippen LogP) is 4.60. The van der Waals surface area contributed by atoms with Crippen LogP contribution >= 0.6 is 11.8 Å². The number of carbonyl (C=O) groups is 1. The van der Waals surface area contributed by atoms with Crippen LogP contribution in [-0.4, -0.2) is 28.0 Å². The molecule has 1 heterocycles. The maximum absolute atomic E-state index is 13.2. The number of carbonyl (C=O) groups excluding carboxylic acids is 1. The van der Waals surface area contributed by atoms with Gasteiger partial charge < -0.3 is 11.1 Å². The molecule has 0 unspecified atom stereocenters. The zero-order valence-corrected chi connectivity index (χ0v) is 19.9. The monoisotopic (exact) mass is 465 g/mol. The third kappa shape index (κ3) is 6.36. The van der Waals surface area contributed by atoms with Gasteiger partial charge in [-0.2, -0.15) is 10.4 Å². The topological polar surface area (TPSA) is 96.7 Å². The van der Waals surface area contributed by atoms with Crippen molar-refractivity contribution in [2.45, 2.75) is 43.9 Å². The first-order valence-corrected chi connectivity index (χ1v) is 11.7. The van der Waals surface area contributed by atoms with Crippen molar-refractivity contribution in [1.29, 1.82) is 5.26 Å². The summed E-state index contributed by atoms with van der Waals surface area (Å²) in [5, 5.41) is 16.8. The predicted molar refractivity (Wildman–Crippen MR) is 130 cm³/mol. The zero-order chi connectivity index (χ0) is 24.0. The lowest BCUT2D eigenvalue weighted by Gasteiger charge is -2.19. The maximum atomic E-state index is 13.2. The minimum Gasteiger partial charge on any atom is -0.382 e. The number of nitrogen functional groups attached to an aromatic ring is 1. The number of benzene rings is 2. The molecule has 0 aliphatic carbocycles. The first kappa shape index (κ1) is 24.3. The van der Waals surface area contributed by atoms with Crippen molar-refractivity contribution in [3.05, 3.63) is 71.2 Å². The molecule has 0 aliphatic heterocycles. The van der Waals surface area contributed by atoms with Crippen molar-refractivity contribution >= 4 is 23.5 Å². The first-order chi connectivity index (χ1) is 15.7. The summed E-state index contributed by atoms with van der Waals surface area (Å²) in [7, 11) is 0. The smallest absolute Gasteiger partial charge is 0.230 e. The van der Waals surface area contributed by atoms with Gasteiger partial charge in [0.15, 0.2) is 0 Å². The minimum atomic E-state index is -0.360. The summed E-state index contributed by atoms with van der Waals surface area (Å²) < 4.78 is 14.6. The van der Waals surface area contributed by atoms with Crippen LogP contribution in [0.25, 0.3) is 5.69 Å². The molecule has 3 aromatic rings. The fraction of sp³-hybridized carbons (Fsp3) is 0.320. The van der Waals surface area contributed by atoms with E-state index >= 15 is 0 Å². The second-order valence-electron chi connectivity index (χ2n) is 8.72. The summed E-state index contributed by atoms with van der Waals surface area (Å²) >= 11 is 1.50. The van der Waals surface area contributed by atoms with Crippen LogP contribution in [0.1, 0.15) is 44.0 Å². The number of amides is 1. The van der Waals surface area contributed by atoms with Crippen LogP contribution in [0.3, 0.4) is 0 Å². The molecule has 6 nitrogen and oxygen atoms in total. The minimum absolute atomic E-state index is 0.0447. The van der Waals surface area contributed by atoms with Crippen LogP contribution in [-0.2, 0) is 16.6 Å². The van der Waals surface area contributed by atoms with Crippen LogP contribution in [0.2, 0.25) is 0 Å². The summed E-state index contributed by atoms with van der Waals surface area (Å²) in [6.45, 7) is 6.98. The van der Waals surface area contributed by atoms with Gasteiger partial charge in [0.25, 0.3) is 0 Å². The quantitative estimate of drug-likeness (QED) is 0.374. The Labute approximate surface area is 198 Å². The molecule has 3 N–H and O–H groups in total. The van der Waals surface area contributed by atoms with Crippen molar-refractivity contribution in [1.82, 2.24) is 15.1 Å². The zero-order valence-electron chi connectivity index (χ0n) is 19.1. The maximum Gasteiger partial charge on any atom is 0.230 e. The van der Waals surface area contributed by atoms with E-state index in [1.165, 1.54) is 34.1 Å². The fourth-order valence-corrected chi connectivity index (χ4v) is 4.02. The Morgan fingerprint density at radius 3 is 2.45 bits per heavy atom. The third-order valence-electron chi connectivity index (χ3n) is 5.18. The Bertz CT molecular complexity index is 1140. The molecule has 0 aliphatic rings. The molecule has 0 radical (unpaired) electrons. The van der Waals surface area contributed by atoms with Crippen LogP contribution < -0.4 is 11.1 Å². The lowest BCUT2D eigenvalue weighted by Crippen LogP contribution is -2.26. The number of anilines is 1. The van der Waals surface area contributed by atoms with Gasteiger partial charge in [-0.1, -0.05) is 32.9 Å². The highest BCUT2D eigenvalue weighted by molar-refractivity contribution is 8.00. The number of hydrogen-bond donors (Lipinski definition) is 2. The number of nitriles is 1. The van der Waals surface area contributed by atoms with E-state index < -0.39 is 0 Å². The van der Waals surface area contributed by atoms with Crippen molar-refractivity contribution in [2.75, 3.05) is 18.0 Å². The van der Waals surface area contributed by atoms with E-state index in [0.29, 0.717) is 42.1 Å². The van der Waals surface area contributed by atoms with E-state index in [1.807, 2.05) is 12.1 Å². The van der Waals surface area contributed by atoms with Gasteiger partial charge in [0, 0.05) is 11.4 Å². The number of hydrogen-bond acceptors (Lipinski definition) is 5. The molecule has 0 fully saturated rings. The molecule has 0 spiro atoms. The molecule has 172 valence electrons. The molecule has 0 saturated carbocycles. The molecule has 0 bridgehead atoms. The summed E-state index contributed by atoms with van der Waals surface area (Å²) in [5.74, 6) is 0.152. The van der Waals surface area contributed by atoms with Crippen molar-refractivity contribution < 1.29 is 9.18 Å². The van der Waals surface area contributed by atoms with Crippen molar-refractivity contribution in [3.8, 4) is 11.8 Å². The first-order valence-electron chi connectivity index (χ1n) is 10.7. The van der Waals surface area contributed by atoms with E-state index in [9.17, 15) is 14.4 Å². The van der Waals surface area contributed by atoms with Crippen LogP contribution in [0.15, 0.2) is 53.4 Å². The molecular weight excluding hydrogens is 437 g/mol. The van der Waals surface area contributed by atoms with E-state index in [-0.39, 0.29) is 23.0 Å². The molecule has 0 atom stereocenters. The molecule has 1 amide bonds. The highest BCUT2D eigenvalue weighted by atomic mass is 32.2. The summed E-state index contributed by atoms with van der Waals surface area (Å²) in [4.78, 5) is 13.2. The van der Waals surface area contributed by atoms with Crippen molar-refractivity contribution in [3.63, 3.8) is 0 Å². The molecular formula is C25H28FN5OS. The summed E-state index contributed by atoms with van der Waals surface area (Å²) in [6.07, 6.45) is 1.11. The summed E-state index contributed by atoms with van der Waals surface area (Å²) in [6, 6.07) is 16.1. The molecule has 2 aromatic carbocycles. The second-order valence-corrected chi connectivity index (χ2v) is 9.77. The number of thioether (sulfide) groups is 1. The number of nitrogens with one attached hydrogen (secondary N) is 1. The average Bonchev–Trinajstić information content (AvgIpc) is 3.10.